The summed E-state index contributed by atoms with van der Waals surface area (Å²) in [5.74, 6) is 0.0819. The first kappa shape index (κ1) is 15.5. The van der Waals surface area contributed by atoms with Gasteiger partial charge in [-0.1, -0.05) is 29.8 Å². The van der Waals surface area contributed by atoms with Crippen molar-refractivity contribution in [3.8, 4) is 0 Å². The third-order valence-corrected chi connectivity index (χ3v) is 5.21. The summed E-state index contributed by atoms with van der Waals surface area (Å²) in [4.78, 5) is 15.8. The van der Waals surface area contributed by atoms with Crippen molar-refractivity contribution in [3.05, 3.63) is 57.2 Å². The lowest BCUT2D eigenvalue weighted by molar-refractivity contribution is -0.122. The minimum absolute atomic E-state index is 0.0819. The molecule has 1 atom stereocenters. The summed E-state index contributed by atoms with van der Waals surface area (Å²) in [5.41, 5.74) is 1.06. The van der Waals surface area contributed by atoms with Gasteiger partial charge in [0, 0.05) is 22.5 Å². The molecule has 1 saturated heterocycles. The topological polar surface area (TPSA) is 32.3 Å². The van der Waals surface area contributed by atoms with Crippen LogP contribution in [0.3, 0.4) is 0 Å². The minimum Gasteiger partial charge on any atom is -0.351 e. The Morgan fingerprint density at radius 2 is 2.14 bits per heavy atom. The van der Waals surface area contributed by atoms with Crippen LogP contribution in [0.1, 0.15) is 29.3 Å². The fourth-order valence-corrected chi connectivity index (χ4v) is 3.88. The van der Waals surface area contributed by atoms with Gasteiger partial charge in [-0.3, -0.25) is 9.69 Å². The number of carbonyl (C=O) groups excluding carboxylic acids is 1. The molecule has 3 rings (SSSR count). The van der Waals surface area contributed by atoms with Crippen molar-refractivity contribution in [2.24, 2.45) is 0 Å². The summed E-state index contributed by atoms with van der Waals surface area (Å²) >= 11 is 7.64. The first-order chi connectivity index (χ1) is 10.7. The molecule has 0 radical (unpaired) electrons. The van der Waals surface area contributed by atoms with Crippen molar-refractivity contribution >= 4 is 28.8 Å². The van der Waals surface area contributed by atoms with Crippen LogP contribution in [0.15, 0.2) is 41.8 Å². The predicted molar refractivity (Wildman–Crippen MR) is 91.2 cm³/mol. The van der Waals surface area contributed by atoms with Gasteiger partial charge in [-0.15, -0.1) is 11.3 Å². The maximum Gasteiger partial charge on any atom is 0.234 e. The highest BCUT2D eigenvalue weighted by Crippen LogP contribution is 2.33. The molecule has 0 bridgehead atoms. The highest BCUT2D eigenvalue weighted by atomic mass is 35.5. The van der Waals surface area contributed by atoms with Crippen molar-refractivity contribution in [2.45, 2.75) is 25.4 Å². The number of halogens is 1. The molecule has 0 unspecified atom stereocenters. The lowest BCUT2D eigenvalue weighted by Crippen LogP contribution is -2.36. The van der Waals surface area contributed by atoms with Crippen LogP contribution in [0.25, 0.3) is 0 Å². The second kappa shape index (κ2) is 7.27. The zero-order valence-corrected chi connectivity index (χ0v) is 13.9. The molecule has 1 aromatic carbocycles. The Morgan fingerprint density at radius 3 is 2.86 bits per heavy atom. The van der Waals surface area contributed by atoms with E-state index in [1.54, 1.807) is 11.3 Å². The van der Waals surface area contributed by atoms with Crippen molar-refractivity contribution in [3.63, 3.8) is 0 Å². The zero-order chi connectivity index (χ0) is 15.4. The van der Waals surface area contributed by atoms with Gasteiger partial charge in [0.2, 0.25) is 5.91 Å². The molecule has 0 aliphatic carbocycles. The molecule has 1 aromatic heterocycles. The van der Waals surface area contributed by atoms with Crippen molar-refractivity contribution in [2.75, 3.05) is 13.1 Å². The van der Waals surface area contributed by atoms with E-state index in [0.29, 0.717) is 24.2 Å². The number of hydrogen-bond acceptors (Lipinski definition) is 3. The van der Waals surface area contributed by atoms with E-state index in [4.69, 9.17) is 11.6 Å². The van der Waals surface area contributed by atoms with E-state index in [9.17, 15) is 4.79 Å². The minimum atomic E-state index is 0.0819. The lowest BCUT2D eigenvalue weighted by Gasteiger charge is -2.22. The average molecular weight is 335 g/mol. The van der Waals surface area contributed by atoms with E-state index >= 15 is 0 Å². The monoisotopic (exact) mass is 334 g/mol. The number of likely N-dealkylation sites (tertiary alicyclic amines) is 1. The van der Waals surface area contributed by atoms with Gasteiger partial charge in [0.05, 0.1) is 6.54 Å². The molecule has 1 aliphatic rings. The summed E-state index contributed by atoms with van der Waals surface area (Å²) < 4.78 is 0. The van der Waals surface area contributed by atoms with Gasteiger partial charge in [-0.2, -0.15) is 0 Å². The Kier molecular flexibility index (Phi) is 5.13. The zero-order valence-electron chi connectivity index (χ0n) is 12.3. The Bertz CT molecular complexity index is 612. The van der Waals surface area contributed by atoms with Crippen LogP contribution in [0, 0.1) is 0 Å². The Morgan fingerprint density at radius 1 is 1.32 bits per heavy atom. The summed E-state index contributed by atoms with van der Waals surface area (Å²) in [6, 6.07) is 12.2. The van der Waals surface area contributed by atoms with Gasteiger partial charge in [0.25, 0.3) is 0 Å². The molecule has 1 aliphatic heterocycles. The van der Waals surface area contributed by atoms with Crippen LogP contribution < -0.4 is 5.32 Å². The standard InChI is InChI=1S/C17H19ClN2OS/c18-14-7-5-13(6-8-14)11-19-17(21)12-20-9-1-3-15(20)16-4-2-10-22-16/h2,4-8,10,15H,1,3,9,11-12H2,(H,19,21)/t15-/m0/s1. The van der Waals surface area contributed by atoms with Crippen LogP contribution in [0.4, 0.5) is 0 Å². The van der Waals surface area contributed by atoms with Gasteiger partial charge < -0.3 is 5.32 Å². The quantitative estimate of drug-likeness (QED) is 0.900. The first-order valence-corrected chi connectivity index (χ1v) is 8.77. The highest BCUT2D eigenvalue weighted by molar-refractivity contribution is 7.10. The van der Waals surface area contributed by atoms with Crippen LogP contribution in [-0.2, 0) is 11.3 Å². The van der Waals surface area contributed by atoms with E-state index in [0.717, 1.165) is 24.9 Å². The summed E-state index contributed by atoms with van der Waals surface area (Å²) in [6.07, 6.45) is 2.30. The maximum absolute atomic E-state index is 12.2. The van der Waals surface area contributed by atoms with E-state index in [-0.39, 0.29) is 5.91 Å². The Hall–Kier alpha value is -1.36. The van der Waals surface area contributed by atoms with Crippen molar-refractivity contribution in [1.29, 1.82) is 0 Å². The average Bonchev–Trinajstić information content (AvgIpc) is 3.17. The molecule has 2 aromatic rings. The second-order valence-electron chi connectivity index (χ2n) is 5.55. The molecule has 0 spiro atoms. The molecule has 1 amide bonds. The molecule has 3 nitrogen and oxygen atoms in total. The van der Waals surface area contributed by atoms with Crippen LogP contribution in [-0.4, -0.2) is 23.9 Å². The normalized spacial score (nSPS) is 18.5. The predicted octanol–water partition coefficient (Wildman–Crippen LogP) is 3.85. The molecule has 2 heterocycles. The number of nitrogens with one attached hydrogen (secondary N) is 1. The summed E-state index contributed by atoms with van der Waals surface area (Å²) in [5, 5.41) is 5.81. The first-order valence-electron chi connectivity index (χ1n) is 7.51. The lowest BCUT2D eigenvalue weighted by atomic mass is 10.2. The van der Waals surface area contributed by atoms with Gasteiger partial charge in [0.15, 0.2) is 0 Å². The second-order valence-corrected chi connectivity index (χ2v) is 6.96. The van der Waals surface area contributed by atoms with E-state index < -0.39 is 0 Å². The van der Waals surface area contributed by atoms with E-state index in [2.05, 4.69) is 27.7 Å². The largest absolute Gasteiger partial charge is 0.351 e. The van der Waals surface area contributed by atoms with Crippen molar-refractivity contribution in [1.82, 2.24) is 10.2 Å². The van der Waals surface area contributed by atoms with Crippen molar-refractivity contribution < 1.29 is 4.79 Å². The number of rotatable bonds is 5. The van der Waals surface area contributed by atoms with Crippen LogP contribution in [0.5, 0.6) is 0 Å². The number of benzene rings is 1. The third kappa shape index (κ3) is 3.88. The molecular formula is C17H19ClN2OS. The number of hydrogen-bond donors (Lipinski definition) is 1. The molecule has 0 saturated carbocycles. The molecule has 5 heteroatoms. The fourth-order valence-electron chi connectivity index (χ4n) is 2.86. The summed E-state index contributed by atoms with van der Waals surface area (Å²) in [7, 11) is 0. The Labute approximate surface area is 139 Å². The number of amides is 1. The maximum atomic E-state index is 12.2. The van der Waals surface area contributed by atoms with Crippen LogP contribution >= 0.6 is 22.9 Å². The molecule has 1 N–H and O–H groups in total. The van der Waals surface area contributed by atoms with Gasteiger partial charge in [-0.05, 0) is 48.5 Å². The molecule has 116 valence electrons. The number of nitrogens with zero attached hydrogens (tertiary/aromatic N) is 1. The number of carbonyl (C=O) groups is 1. The van der Waals surface area contributed by atoms with Gasteiger partial charge >= 0.3 is 0 Å². The Balaban J connectivity index is 1.52. The smallest absolute Gasteiger partial charge is 0.234 e. The SMILES string of the molecule is O=C(CN1CCC[C@H]1c1cccs1)NCc1ccc(Cl)cc1. The van der Waals surface area contributed by atoms with E-state index in [1.165, 1.54) is 4.88 Å². The molecule has 22 heavy (non-hydrogen) atoms. The van der Waals surface area contributed by atoms with E-state index in [1.807, 2.05) is 24.3 Å². The molecular weight excluding hydrogens is 316 g/mol. The van der Waals surface area contributed by atoms with Gasteiger partial charge in [0.1, 0.15) is 0 Å². The fraction of sp³-hybridized carbons (Fsp3) is 0.353. The highest BCUT2D eigenvalue weighted by Gasteiger charge is 2.27. The van der Waals surface area contributed by atoms with Gasteiger partial charge in [-0.25, -0.2) is 0 Å². The number of thiophene rings is 1. The third-order valence-electron chi connectivity index (χ3n) is 3.98. The molecule has 1 fully saturated rings. The summed E-state index contributed by atoms with van der Waals surface area (Å²) in [6.45, 7) is 2.01. The van der Waals surface area contributed by atoms with Crippen LogP contribution in [0.2, 0.25) is 5.02 Å².